The van der Waals surface area contributed by atoms with Crippen molar-refractivity contribution in [3.05, 3.63) is 29.8 Å². The van der Waals surface area contributed by atoms with Crippen LogP contribution in [0.1, 0.15) is 19.4 Å². The minimum absolute atomic E-state index is 0.102. The molecule has 18 heavy (non-hydrogen) atoms. The molecular weight excluding hydrogens is 295 g/mol. The van der Waals surface area contributed by atoms with Gasteiger partial charge in [0.25, 0.3) is 9.05 Å². The average molecular weight is 311 g/mol. The Hall–Kier alpha value is -0.190. The molecule has 0 aliphatic carbocycles. The van der Waals surface area contributed by atoms with E-state index in [9.17, 15) is 8.42 Å². The summed E-state index contributed by atoms with van der Waals surface area (Å²) >= 11 is 0. The molecule has 102 valence electrons. The average Bonchev–Trinajstić information content (AvgIpc) is 2.29. The zero-order valence-corrected chi connectivity index (χ0v) is 12.8. The van der Waals surface area contributed by atoms with Crippen LogP contribution in [-0.2, 0) is 24.3 Å². The normalized spacial score (nSPS) is 12.0. The highest BCUT2D eigenvalue weighted by molar-refractivity contribution is 8.13. The topological polar surface area (TPSA) is 52.6 Å². The van der Waals surface area contributed by atoms with Crippen LogP contribution < -0.4 is 0 Å². The molecule has 0 atom stereocenters. The van der Waals surface area contributed by atoms with Crippen molar-refractivity contribution in [2.24, 2.45) is 0 Å². The molecule has 0 spiro atoms. The summed E-state index contributed by atoms with van der Waals surface area (Å²) in [7, 11) is 0.632. The van der Waals surface area contributed by atoms with E-state index in [2.05, 4.69) is 0 Å². The Morgan fingerprint density at radius 1 is 1.11 bits per heavy atom. The summed E-state index contributed by atoms with van der Waals surface area (Å²) in [5.41, 5.74) is 0.965. The highest BCUT2D eigenvalue weighted by Crippen LogP contribution is 2.41. The third kappa shape index (κ3) is 5.21. The number of hydrogen-bond acceptors (Lipinski definition) is 4. The van der Waals surface area contributed by atoms with Gasteiger partial charge >= 0.3 is 0 Å². The SMILES string of the molecule is CCOP(Cc1ccc(S(=O)(=O)Cl)cc1)OCC. The van der Waals surface area contributed by atoms with Crippen LogP contribution in [0, 0.1) is 0 Å². The molecule has 0 N–H and O–H groups in total. The first-order valence-corrected chi connectivity index (χ1v) is 9.21. The second-order valence-corrected chi connectivity index (χ2v) is 7.47. The van der Waals surface area contributed by atoms with Gasteiger partial charge in [-0.05, 0) is 31.5 Å². The quantitative estimate of drug-likeness (QED) is 0.571. The molecular formula is C11H16ClO4PS. The van der Waals surface area contributed by atoms with Gasteiger partial charge in [0, 0.05) is 16.8 Å². The predicted octanol–water partition coefficient (Wildman–Crippen LogP) is 3.50. The zero-order chi connectivity index (χ0) is 13.6. The summed E-state index contributed by atoms with van der Waals surface area (Å²) in [5, 5.41) is 0. The van der Waals surface area contributed by atoms with Crippen molar-refractivity contribution in [1.29, 1.82) is 0 Å². The standard InChI is InChI=1S/C11H16ClO4PS/c1-3-15-17(16-4-2)9-10-5-7-11(8-6-10)18(12,13)14/h5-8H,3-4,9H2,1-2H3. The van der Waals surface area contributed by atoms with Crippen molar-refractivity contribution in [3.8, 4) is 0 Å². The third-order valence-corrected chi connectivity index (χ3v) is 5.15. The molecule has 7 heteroatoms. The van der Waals surface area contributed by atoms with Crippen molar-refractivity contribution in [2.45, 2.75) is 24.9 Å². The highest BCUT2D eigenvalue weighted by atomic mass is 35.7. The summed E-state index contributed by atoms with van der Waals surface area (Å²) in [6.07, 6.45) is 0.639. The van der Waals surface area contributed by atoms with Crippen LogP contribution in [-0.4, -0.2) is 21.6 Å². The fourth-order valence-corrected chi connectivity index (χ4v) is 3.43. The summed E-state index contributed by atoms with van der Waals surface area (Å²) in [6, 6.07) is 6.43. The highest BCUT2D eigenvalue weighted by Gasteiger charge is 2.12. The van der Waals surface area contributed by atoms with Gasteiger partial charge in [-0.1, -0.05) is 12.1 Å². The fourth-order valence-electron chi connectivity index (χ4n) is 1.32. The molecule has 0 aliphatic heterocycles. The van der Waals surface area contributed by atoms with Gasteiger partial charge in [0.1, 0.15) is 0 Å². The van der Waals surface area contributed by atoms with Crippen LogP contribution in [0.5, 0.6) is 0 Å². The molecule has 0 amide bonds. The monoisotopic (exact) mass is 310 g/mol. The lowest BCUT2D eigenvalue weighted by molar-refractivity contribution is 0.268. The van der Waals surface area contributed by atoms with E-state index in [1.165, 1.54) is 12.1 Å². The van der Waals surface area contributed by atoms with E-state index in [1.807, 2.05) is 13.8 Å². The van der Waals surface area contributed by atoms with E-state index < -0.39 is 17.4 Å². The predicted molar refractivity (Wildman–Crippen MR) is 73.4 cm³/mol. The van der Waals surface area contributed by atoms with E-state index in [1.54, 1.807) is 12.1 Å². The molecule has 4 nitrogen and oxygen atoms in total. The number of benzene rings is 1. The first kappa shape index (κ1) is 15.9. The molecule has 0 fully saturated rings. The van der Waals surface area contributed by atoms with Crippen LogP contribution in [0.3, 0.4) is 0 Å². The Morgan fingerprint density at radius 3 is 2.00 bits per heavy atom. The van der Waals surface area contributed by atoms with Crippen molar-refractivity contribution < 1.29 is 17.5 Å². The van der Waals surface area contributed by atoms with Gasteiger partial charge in [-0.2, -0.15) is 0 Å². The zero-order valence-electron chi connectivity index (χ0n) is 10.3. The summed E-state index contributed by atoms with van der Waals surface area (Å²) < 4.78 is 33.1. The molecule has 0 radical (unpaired) electrons. The molecule has 0 heterocycles. The lowest BCUT2D eigenvalue weighted by Gasteiger charge is -2.15. The molecule has 0 aromatic heterocycles. The van der Waals surface area contributed by atoms with Gasteiger partial charge in [0.05, 0.1) is 18.1 Å². The van der Waals surface area contributed by atoms with Crippen molar-refractivity contribution in [3.63, 3.8) is 0 Å². The minimum atomic E-state index is -3.65. The fraction of sp³-hybridized carbons (Fsp3) is 0.455. The van der Waals surface area contributed by atoms with Crippen LogP contribution in [0.15, 0.2) is 29.2 Å². The van der Waals surface area contributed by atoms with Crippen molar-refractivity contribution in [2.75, 3.05) is 13.2 Å². The van der Waals surface area contributed by atoms with E-state index in [0.29, 0.717) is 19.4 Å². The van der Waals surface area contributed by atoms with E-state index in [-0.39, 0.29) is 4.90 Å². The van der Waals surface area contributed by atoms with Gasteiger partial charge in [-0.25, -0.2) is 8.42 Å². The van der Waals surface area contributed by atoms with Crippen molar-refractivity contribution >= 4 is 28.1 Å². The minimum Gasteiger partial charge on any atom is -0.334 e. The van der Waals surface area contributed by atoms with E-state index >= 15 is 0 Å². The van der Waals surface area contributed by atoms with Gasteiger partial charge in [-0.3, -0.25) is 0 Å². The van der Waals surface area contributed by atoms with Crippen molar-refractivity contribution in [1.82, 2.24) is 0 Å². The Kier molecular flexibility index (Phi) is 6.53. The Bertz CT molecular complexity index is 454. The Morgan fingerprint density at radius 2 is 1.61 bits per heavy atom. The maximum atomic E-state index is 11.1. The Balaban J connectivity index is 2.73. The van der Waals surface area contributed by atoms with Gasteiger partial charge in [-0.15, -0.1) is 0 Å². The second-order valence-electron chi connectivity index (χ2n) is 3.41. The number of halogens is 1. The molecule has 1 aromatic carbocycles. The molecule has 0 aliphatic rings. The maximum Gasteiger partial charge on any atom is 0.261 e. The van der Waals surface area contributed by atoms with E-state index in [4.69, 9.17) is 19.7 Å². The number of rotatable bonds is 7. The molecule has 0 unspecified atom stereocenters. The van der Waals surface area contributed by atoms with Gasteiger partial charge in [0.2, 0.25) is 0 Å². The largest absolute Gasteiger partial charge is 0.334 e. The summed E-state index contributed by atoms with van der Waals surface area (Å²) in [4.78, 5) is 0.102. The van der Waals surface area contributed by atoms with Gasteiger partial charge < -0.3 is 9.05 Å². The molecule has 0 bridgehead atoms. The lowest BCUT2D eigenvalue weighted by Crippen LogP contribution is -1.95. The summed E-state index contributed by atoms with van der Waals surface area (Å²) in [6.45, 7) is 5.02. The molecule has 1 aromatic rings. The second kappa shape index (κ2) is 7.41. The first-order valence-electron chi connectivity index (χ1n) is 5.54. The van der Waals surface area contributed by atoms with Gasteiger partial charge in [0.15, 0.2) is 8.38 Å². The maximum absolute atomic E-state index is 11.1. The Labute approximate surface area is 114 Å². The molecule has 1 rings (SSSR count). The van der Waals surface area contributed by atoms with Crippen LogP contribution in [0.4, 0.5) is 0 Å². The number of hydrogen-bond donors (Lipinski definition) is 0. The third-order valence-electron chi connectivity index (χ3n) is 2.06. The smallest absolute Gasteiger partial charge is 0.261 e. The van der Waals surface area contributed by atoms with Crippen LogP contribution >= 0.6 is 19.1 Å². The van der Waals surface area contributed by atoms with Crippen LogP contribution in [0.25, 0.3) is 0 Å². The first-order chi connectivity index (χ1) is 8.47. The lowest BCUT2D eigenvalue weighted by atomic mass is 10.2. The molecule has 0 saturated carbocycles. The van der Waals surface area contributed by atoms with E-state index in [0.717, 1.165) is 5.56 Å². The molecule has 0 saturated heterocycles. The summed E-state index contributed by atoms with van der Waals surface area (Å²) in [5.74, 6) is 0. The van der Waals surface area contributed by atoms with Crippen LogP contribution in [0.2, 0.25) is 0 Å².